The largest absolute Gasteiger partial charge is 0.497 e. The second-order valence-corrected chi connectivity index (χ2v) is 8.07. The Morgan fingerprint density at radius 2 is 1.45 bits per heavy atom. The molecule has 0 aromatic heterocycles. The highest BCUT2D eigenvalue weighted by Gasteiger charge is 2.62. The number of hydrogen-bond acceptors (Lipinski definition) is 5. The quantitative estimate of drug-likeness (QED) is 0.753. The van der Waals surface area contributed by atoms with Crippen molar-refractivity contribution in [2.24, 2.45) is 5.92 Å². The minimum absolute atomic E-state index is 0.0967. The molecule has 3 fully saturated rings. The van der Waals surface area contributed by atoms with E-state index >= 15 is 0 Å². The van der Waals surface area contributed by atoms with Gasteiger partial charge in [0.2, 0.25) is 5.91 Å². The van der Waals surface area contributed by atoms with Crippen LogP contribution >= 0.6 is 0 Å². The van der Waals surface area contributed by atoms with Gasteiger partial charge < -0.3 is 4.74 Å². The van der Waals surface area contributed by atoms with Crippen molar-refractivity contribution in [1.29, 1.82) is 0 Å². The highest BCUT2D eigenvalue weighted by molar-refractivity contribution is 6.24. The highest BCUT2D eigenvalue weighted by atomic mass is 16.5. The van der Waals surface area contributed by atoms with Crippen LogP contribution in [0.25, 0.3) is 0 Å². The van der Waals surface area contributed by atoms with Crippen molar-refractivity contribution in [2.75, 3.05) is 25.1 Å². The van der Waals surface area contributed by atoms with E-state index in [4.69, 9.17) is 4.74 Å². The maximum Gasteiger partial charge on any atom is 0.253 e. The Kier molecular flexibility index (Phi) is 4.41. The molecule has 2 amide bonds. The van der Waals surface area contributed by atoms with Gasteiger partial charge in [-0.3, -0.25) is 9.59 Å². The van der Waals surface area contributed by atoms with Crippen LogP contribution < -0.4 is 9.64 Å². The number of aryl methyl sites for hydroxylation is 1. The third-order valence-electron chi connectivity index (χ3n) is 6.41. The fraction of sp³-hybridized carbons (Fsp3) is 0.391. The molecule has 3 saturated heterocycles. The van der Waals surface area contributed by atoms with Crippen molar-refractivity contribution in [3.63, 3.8) is 0 Å². The molecule has 0 N–H and O–H groups in total. The van der Waals surface area contributed by atoms with E-state index in [0.717, 1.165) is 31.5 Å². The average Bonchev–Trinajstić information content (AvgIpc) is 3.22. The molecule has 3 atom stereocenters. The lowest BCUT2D eigenvalue weighted by atomic mass is 9.90. The molecule has 29 heavy (non-hydrogen) atoms. The van der Waals surface area contributed by atoms with E-state index in [9.17, 15) is 9.59 Å². The summed E-state index contributed by atoms with van der Waals surface area (Å²) in [5, 5.41) is 4.42. The van der Waals surface area contributed by atoms with E-state index in [0.29, 0.717) is 11.4 Å². The summed E-state index contributed by atoms with van der Waals surface area (Å²) >= 11 is 0. The number of fused-ring (bicyclic) bond motifs is 3. The number of rotatable bonds is 3. The van der Waals surface area contributed by atoms with Crippen molar-refractivity contribution in [1.82, 2.24) is 10.0 Å². The summed E-state index contributed by atoms with van der Waals surface area (Å²) in [6.45, 7) is 3.76. The Hall–Kier alpha value is -2.70. The Morgan fingerprint density at radius 1 is 0.828 bits per heavy atom. The molecule has 2 aromatic rings. The van der Waals surface area contributed by atoms with Crippen molar-refractivity contribution < 1.29 is 14.3 Å². The lowest BCUT2D eigenvalue weighted by Crippen LogP contribution is -2.50. The van der Waals surface area contributed by atoms with Gasteiger partial charge in [0.15, 0.2) is 0 Å². The predicted molar refractivity (Wildman–Crippen MR) is 109 cm³/mol. The third-order valence-corrected chi connectivity index (χ3v) is 6.41. The van der Waals surface area contributed by atoms with Crippen LogP contribution in [0.15, 0.2) is 48.5 Å². The molecule has 0 radical (unpaired) electrons. The summed E-state index contributed by atoms with van der Waals surface area (Å²) in [5.41, 5.74) is 2.90. The number of anilines is 1. The standard InChI is InChI=1S/C23H25N3O3/c1-15-5-7-16(8-6-15)20-19-21(25-14-4-3-13-24(20)25)23(28)26(22(19)27)17-9-11-18(29-2)12-10-17/h5-12,19-21H,3-4,13-14H2,1-2H3/t19-,20+,21+/m0/s1. The molecular weight excluding hydrogens is 366 g/mol. The number of amides is 2. The number of benzene rings is 2. The second-order valence-electron chi connectivity index (χ2n) is 8.07. The maximum absolute atomic E-state index is 13.6. The van der Waals surface area contributed by atoms with Gasteiger partial charge in [0, 0.05) is 13.1 Å². The van der Waals surface area contributed by atoms with Crippen LogP contribution in [0.1, 0.15) is 30.0 Å². The van der Waals surface area contributed by atoms with Gasteiger partial charge in [0.1, 0.15) is 11.8 Å². The monoisotopic (exact) mass is 391 g/mol. The number of carbonyl (C=O) groups is 2. The van der Waals surface area contributed by atoms with Crippen LogP contribution in [0.3, 0.4) is 0 Å². The van der Waals surface area contributed by atoms with Crippen LogP contribution in [0, 0.1) is 12.8 Å². The molecule has 0 unspecified atom stereocenters. The Labute approximate surface area is 170 Å². The van der Waals surface area contributed by atoms with E-state index < -0.39 is 6.04 Å². The van der Waals surface area contributed by atoms with Gasteiger partial charge in [-0.15, -0.1) is 0 Å². The minimum Gasteiger partial charge on any atom is -0.497 e. The fourth-order valence-corrected chi connectivity index (χ4v) is 5.02. The third kappa shape index (κ3) is 2.78. The first-order chi connectivity index (χ1) is 14.1. The maximum atomic E-state index is 13.6. The SMILES string of the molecule is COc1ccc(N2C(=O)[C@H]3[C@@H](c4ccc(C)cc4)N4CCCCN4[C@H]3C2=O)cc1. The minimum atomic E-state index is -0.420. The summed E-state index contributed by atoms with van der Waals surface area (Å²) < 4.78 is 5.21. The highest BCUT2D eigenvalue weighted by Crippen LogP contribution is 2.48. The number of hydrazine groups is 1. The molecule has 150 valence electrons. The van der Waals surface area contributed by atoms with Crippen molar-refractivity contribution in [2.45, 2.75) is 31.8 Å². The first kappa shape index (κ1) is 18.3. The Morgan fingerprint density at radius 3 is 2.07 bits per heavy atom. The normalized spacial score (nSPS) is 27.2. The first-order valence-corrected chi connectivity index (χ1v) is 10.2. The van der Waals surface area contributed by atoms with Crippen LogP contribution in [-0.2, 0) is 9.59 Å². The van der Waals surface area contributed by atoms with Gasteiger partial charge in [-0.1, -0.05) is 29.8 Å². The summed E-state index contributed by atoms with van der Waals surface area (Å²) in [6, 6.07) is 15.0. The molecule has 0 bridgehead atoms. The van der Waals surface area contributed by atoms with Gasteiger partial charge in [-0.05, 0) is 49.6 Å². The van der Waals surface area contributed by atoms with Gasteiger partial charge in [-0.25, -0.2) is 14.9 Å². The smallest absolute Gasteiger partial charge is 0.253 e. The van der Waals surface area contributed by atoms with Gasteiger partial charge in [-0.2, -0.15) is 0 Å². The number of ether oxygens (including phenoxy) is 1. The molecule has 3 heterocycles. The van der Waals surface area contributed by atoms with Crippen LogP contribution in [0.4, 0.5) is 5.69 Å². The lowest BCUT2D eigenvalue weighted by Gasteiger charge is -2.38. The van der Waals surface area contributed by atoms with E-state index in [1.165, 1.54) is 10.5 Å². The van der Waals surface area contributed by atoms with Gasteiger partial charge >= 0.3 is 0 Å². The molecule has 5 rings (SSSR count). The Balaban J connectivity index is 1.55. The molecule has 0 aliphatic carbocycles. The number of imide groups is 1. The van der Waals surface area contributed by atoms with E-state index in [2.05, 4.69) is 41.2 Å². The van der Waals surface area contributed by atoms with Crippen molar-refractivity contribution in [3.05, 3.63) is 59.7 Å². The van der Waals surface area contributed by atoms with Crippen LogP contribution in [0.2, 0.25) is 0 Å². The molecule has 6 heteroatoms. The molecule has 2 aromatic carbocycles. The summed E-state index contributed by atoms with van der Waals surface area (Å²) in [7, 11) is 1.60. The van der Waals surface area contributed by atoms with E-state index in [-0.39, 0.29) is 23.8 Å². The molecule has 3 aliphatic heterocycles. The Bertz CT molecular complexity index is 941. The number of nitrogens with zero attached hydrogens (tertiary/aromatic N) is 3. The molecule has 6 nitrogen and oxygen atoms in total. The number of methoxy groups -OCH3 is 1. The fourth-order valence-electron chi connectivity index (χ4n) is 5.02. The molecular formula is C23H25N3O3. The zero-order valence-electron chi connectivity index (χ0n) is 16.7. The summed E-state index contributed by atoms with van der Waals surface area (Å²) in [4.78, 5) is 28.4. The van der Waals surface area contributed by atoms with E-state index in [1.54, 1.807) is 31.4 Å². The van der Waals surface area contributed by atoms with Crippen molar-refractivity contribution in [3.8, 4) is 5.75 Å². The van der Waals surface area contributed by atoms with Gasteiger partial charge in [0.05, 0.1) is 24.8 Å². The lowest BCUT2D eigenvalue weighted by molar-refractivity contribution is -0.130. The average molecular weight is 391 g/mol. The van der Waals surface area contributed by atoms with Crippen LogP contribution in [-0.4, -0.2) is 48.1 Å². The number of carbonyl (C=O) groups excluding carboxylic acids is 2. The van der Waals surface area contributed by atoms with Crippen molar-refractivity contribution >= 4 is 17.5 Å². The molecule has 0 spiro atoms. The zero-order valence-corrected chi connectivity index (χ0v) is 16.7. The van der Waals surface area contributed by atoms with E-state index in [1.807, 2.05) is 0 Å². The first-order valence-electron chi connectivity index (χ1n) is 10.2. The predicted octanol–water partition coefficient (Wildman–Crippen LogP) is 2.93. The summed E-state index contributed by atoms with van der Waals surface area (Å²) in [5.74, 6) is 0.0926. The topological polar surface area (TPSA) is 53.1 Å². The second kappa shape index (κ2) is 6.97. The number of hydrogen-bond donors (Lipinski definition) is 0. The molecule has 0 saturated carbocycles. The zero-order chi connectivity index (χ0) is 20.1. The molecule has 3 aliphatic rings. The summed E-state index contributed by atoms with van der Waals surface area (Å²) in [6.07, 6.45) is 2.13. The van der Waals surface area contributed by atoms with Gasteiger partial charge in [0.25, 0.3) is 5.91 Å². The van der Waals surface area contributed by atoms with Crippen LogP contribution in [0.5, 0.6) is 5.75 Å².